The number of para-hydroxylation sites is 3. The Morgan fingerprint density at radius 2 is 0.789 bits per heavy atom. The van der Waals surface area contributed by atoms with E-state index < -0.39 is 5.41 Å². The number of anilines is 6. The Bertz CT molecular complexity index is 4480. The highest BCUT2D eigenvalue weighted by molar-refractivity contribution is 7.26. The van der Waals surface area contributed by atoms with Gasteiger partial charge in [0.1, 0.15) is 0 Å². The Labute approximate surface area is 446 Å². The number of benzene rings is 12. The predicted octanol–water partition coefficient (Wildman–Crippen LogP) is 20.3. The van der Waals surface area contributed by atoms with Crippen molar-refractivity contribution < 1.29 is 0 Å². The maximum Gasteiger partial charge on any atom is 0.0725 e. The van der Waals surface area contributed by atoms with E-state index in [1.165, 1.54) is 109 Å². The Kier molecular flexibility index (Phi) is 9.45. The minimum Gasteiger partial charge on any atom is -0.310 e. The van der Waals surface area contributed by atoms with E-state index in [2.05, 4.69) is 289 Å². The molecule has 1 aliphatic heterocycles. The summed E-state index contributed by atoms with van der Waals surface area (Å²) in [6, 6.07) is 104. The monoisotopic (exact) mass is 982 g/mol. The van der Waals surface area contributed by atoms with Crippen molar-refractivity contribution in [3.63, 3.8) is 0 Å². The highest BCUT2D eigenvalue weighted by Crippen LogP contribution is 2.64. The molecule has 0 bridgehead atoms. The Hall–Kier alpha value is -9.54. The molecule has 2 heterocycles. The average Bonchev–Trinajstić information content (AvgIpc) is 4.15. The van der Waals surface area contributed by atoms with Gasteiger partial charge in [0.25, 0.3) is 0 Å². The van der Waals surface area contributed by atoms with Crippen LogP contribution in [-0.4, -0.2) is 0 Å². The lowest BCUT2D eigenvalue weighted by atomic mass is 9.66. The molecule has 0 fully saturated rings. The fourth-order valence-electron chi connectivity index (χ4n) is 13.3. The zero-order valence-electron chi connectivity index (χ0n) is 41.4. The van der Waals surface area contributed by atoms with Crippen LogP contribution in [0.1, 0.15) is 22.3 Å². The molecule has 0 saturated heterocycles. The molecule has 16 rings (SSSR count). The van der Waals surface area contributed by atoms with Crippen molar-refractivity contribution >= 4 is 65.6 Å². The summed E-state index contributed by atoms with van der Waals surface area (Å²) in [5, 5.41) is 2.67. The normalized spacial score (nSPS) is 14.3. The van der Waals surface area contributed by atoms with E-state index in [1.54, 1.807) is 0 Å². The van der Waals surface area contributed by atoms with Crippen molar-refractivity contribution in [1.29, 1.82) is 0 Å². The molecule has 13 aromatic rings. The van der Waals surface area contributed by atoms with Gasteiger partial charge in [-0.2, -0.15) is 0 Å². The van der Waals surface area contributed by atoms with Crippen molar-refractivity contribution in [2.24, 2.45) is 0 Å². The second-order valence-electron chi connectivity index (χ2n) is 20.3. The quantitative estimate of drug-likeness (QED) is 0.170. The van der Waals surface area contributed by atoms with Crippen molar-refractivity contribution in [2.75, 3.05) is 9.80 Å². The first-order valence-corrected chi connectivity index (χ1v) is 27.1. The van der Waals surface area contributed by atoms with E-state index in [0.29, 0.717) is 0 Å². The van der Waals surface area contributed by atoms with Crippen molar-refractivity contribution in [3.8, 4) is 66.8 Å². The first kappa shape index (κ1) is 42.9. The summed E-state index contributed by atoms with van der Waals surface area (Å²) >= 11 is 1.90. The third-order valence-electron chi connectivity index (χ3n) is 16.4. The fourth-order valence-corrected chi connectivity index (χ4v) is 14.4. The number of rotatable bonds is 5. The topological polar surface area (TPSA) is 6.48 Å². The minimum atomic E-state index is -0.624. The highest BCUT2D eigenvalue weighted by Gasteiger charge is 2.50. The van der Waals surface area contributed by atoms with E-state index >= 15 is 0 Å². The van der Waals surface area contributed by atoms with Gasteiger partial charge in [0, 0.05) is 54.0 Å². The van der Waals surface area contributed by atoms with Crippen LogP contribution < -0.4 is 9.80 Å². The van der Waals surface area contributed by atoms with Crippen LogP contribution in [-0.2, 0) is 5.41 Å². The molecule has 2 nitrogen and oxygen atoms in total. The van der Waals surface area contributed by atoms with Crippen molar-refractivity contribution in [3.05, 3.63) is 301 Å². The maximum atomic E-state index is 2.50. The Morgan fingerprint density at radius 1 is 0.303 bits per heavy atom. The summed E-state index contributed by atoms with van der Waals surface area (Å²) in [4.78, 5) is 4.90. The molecule has 0 radical (unpaired) electrons. The molecule has 0 N–H and O–H groups in total. The van der Waals surface area contributed by atoms with E-state index in [4.69, 9.17) is 0 Å². The second kappa shape index (κ2) is 16.7. The number of thiophene rings is 1. The maximum absolute atomic E-state index is 2.50. The summed E-state index contributed by atoms with van der Waals surface area (Å²) < 4.78 is 2.64. The molecule has 1 unspecified atom stereocenters. The lowest BCUT2D eigenvalue weighted by Gasteiger charge is -2.36. The number of nitrogens with zero attached hydrogens (tertiary/aromatic N) is 2. The van der Waals surface area contributed by atoms with Crippen LogP contribution in [0.2, 0.25) is 0 Å². The van der Waals surface area contributed by atoms with Gasteiger partial charge in [0.15, 0.2) is 0 Å². The number of hydrogen-bond donors (Lipinski definition) is 0. The average molecular weight is 983 g/mol. The van der Waals surface area contributed by atoms with Crippen LogP contribution in [0.25, 0.3) is 86.9 Å². The standard InChI is InChI=1S/C73H46N2S/c1-3-19-47(20-4-1)48-35-37-50(38-36-48)74(51-39-41-55-57-26-11-16-32-67(57)75(49-21-5-2-6-22-49)68-33-17-12-27-58(68)61(55)45-51)52-40-42-65-62(46-52)54-24-8-7-23-53(54)56-25-9-14-30-63(56)73(65)64-31-15-10-28-59(64)71-66(73)43-44-70-72(71)60-29-13-18-34-69(60)76-70/h1-46H. The van der Waals surface area contributed by atoms with Gasteiger partial charge < -0.3 is 9.80 Å². The first-order chi connectivity index (χ1) is 37.7. The van der Waals surface area contributed by atoms with Gasteiger partial charge in [-0.05, 0) is 151 Å². The highest BCUT2D eigenvalue weighted by atomic mass is 32.1. The van der Waals surface area contributed by atoms with E-state index in [1.807, 2.05) is 11.3 Å². The zero-order chi connectivity index (χ0) is 49.9. The largest absolute Gasteiger partial charge is 0.310 e. The van der Waals surface area contributed by atoms with Gasteiger partial charge >= 0.3 is 0 Å². The second-order valence-corrected chi connectivity index (χ2v) is 21.3. The SMILES string of the molecule is c1ccc(-c2ccc(N(c3ccc4c(c3)-c3ccccc3N(c3ccccc3)c3ccccc3-4)c3ccc4c(c3)-c3ccccc3-c3ccccc3C43c4ccccc4-c4c3ccc3sc5ccccc5c43)cc2)cc1. The van der Waals surface area contributed by atoms with Crippen LogP contribution in [0.5, 0.6) is 0 Å². The molecule has 3 aliphatic rings. The first-order valence-electron chi connectivity index (χ1n) is 26.2. The van der Waals surface area contributed by atoms with Crippen molar-refractivity contribution in [2.45, 2.75) is 5.41 Å². The summed E-state index contributed by atoms with van der Waals surface area (Å²) in [7, 11) is 0. The van der Waals surface area contributed by atoms with Crippen molar-refractivity contribution in [1.82, 2.24) is 0 Å². The van der Waals surface area contributed by atoms with Gasteiger partial charge in [0.2, 0.25) is 0 Å². The van der Waals surface area contributed by atoms with Gasteiger partial charge in [0.05, 0.1) is 16.8 Å². The number of hydrogen-bond acceptors (Lipinski definition) is 3. The van der Waals surface area contributed by atoms with E-state index in [0.717, 1.165) is 34.1 Å². The lowest BCUT2D eigenvalue weighted by Crippen LogP contribution is -2.29. The van der Waals surface area contributed by atoms with Crippen LogP contribution >= 0.6 is 11.3 Å². The van der Waals surface area contributed by atoms with Gasteiger partial charge in [-0.3, -0.25) is 0 Å². The molecule has 76 heavy (non-hydrogen) atoms. The molecule has 1 spiro atoms. The predicted molar refractivity (Wildman–Crippen MR) is 320 cm³/mol. The van der Waals surface area contributed by atoms with Gasteiger partial charge in [-0.25, -0.2) is 0 Å². The molecular weight excluding hydrogens is 937 g/mol. The van der Waals surface area contributed by atoms with Gasteiger partial charge in [-0.15, -0.1) is 11.3 Å². The molecule has 1 atom stereocenters. The van der Waals surface area contributed by atoms with Gasteiger partial charge in [-0.1, -0.05) is 206 Å². The van der Waals surface area contributed by atoms with Crippen LogP contribution in [0.4, 0.5) is 34.1 Å². The smallest absolute Gasteiger partial charge is 0.0725 e. The zero-order valence-corrected chi connectivity index (χ0v) is 42.2. The molecule has 0 saturated carbocycles. The minimum absolute atomic E-state index is 0.624. The molecule has 2 aliphatic carbocycles. The molecule has 0 amide bonds. The van der Waals surface area contributed by atoms with Crippen LogP contribution in [0, 0.1) is 0 Å². The summed E-state index contributed by atoms with van der Waals surface area (Å²) in [5.74, 6) is 0. The van der Waals surface area contributed by atoms with E-state index in [9.17, 15) is 0 Å². The molecule has 12 aromatic carbocycles. The summed E-state index contributed by atoms with van der Waals surface area (Å²) in [6.07, 6.45) is 0. The third kappa shape index (κ3) is 6.15. The third-order valence-corrected chi connectivity index (χ3v) is 17.6. The molecule has 354 valence electrons. The lowest BCUT2D eigenvalue weighted by molar-refractivity contribution is 0.776. The van der Waals surface area contributed by atoms with Crippen LogP contribution in [0.15, 0.2) is 279 Å². The Morgan fingerprint density at radius 3 is 1.53 bits per heavy atom. The molecule has 3 heteroatoms. The molecule has 1 aromatic heterocycles. The summed E-state index contributed by atoms with van der Waals surface area (Å²) in [6.45, 7) is 0. The van der Waals surface area contributed by atoms with E-state index in [-0.39, 0.29) is 0 Å². The summed E-state index contributed by atoms with van der Waals surface area (Å²) in [5.41, 5.74) is 26.0. The number of fused-ring (bicyclic) bond motifs is 21. The van der Waals surface area contributed by atoms with Crippen LogP contribution in [0.3, 0.4) is 0 Å². The Balaban J connectivity index is 0.969. The fraction of sp³-hybridized carbons (Fsp3) is 0.0137. The molecular formula is C73H46N2S.